The Morgan fingerprint density at radius 2 is 2.12 bits per heavy atom. The van der Waals surface area contributed by atoms with Crippen molar-refractivity contribution < 1.29 is 22.4 Å². The first-order valence-corrected chi connectivity index (χ1v) is 5.03. The van der Waals surface area contributed by atoms with E-state index >= 15 is 0 Å². The second kappa shape index (κ2) is 2.93. The molecule has 2 aromatic heterocycles. The van der Waals surface area contributed by atoms with E-state index in [9.17, 15) is 8.42 Å². The van der Waals surface area contributed by atoms with Gasteiger partial charge >= 0.3 is 16.4 Å². The van der Waals surface area contributed by atoms with E-state index in [0.717, 1.165) is 11.1 Å². The van der Waals surface area contributed by atoms with Crippen LogP contribution < -0.4 is 14.2 Å². The van der Waals surface area contributed by atoms with Gasteiger partial charge in [0.15, 0.2) is 17.0 Å². The lowest BCUT2D eigenvalue weighted by atomic mass is 10.5. The maximum absolute atomic E-state index is 11.1. The molecular formula is C5H5N5O5S. The number of aromatic nitrogens is 4. The molecular weight excluding hydrogens is 242 g/mol. The average molecular weight is 247 g/mol. The van der Waals surface area contributed by atoms with Crippen molar-refractivity contribution in [1.29, 1.82) is 0 Å². The highest BCUT2D eigenvalue weighted by Crippen LogP contribution is 2.22. The lowest BCUT2D eigenvalue weighted by molar-refractivity contribution is 0.247. The normalized spacial score (nSPS) is 16.0. The molecule has 86 valence electrons. The van der Waals surface area contributed by atoms with Crippen LogP contribution in [0.4, 0.5) is 5.82 Å². The Hall–Kier alpha value is -2.14. The van der Waals surface area contributed by atoms with Crippen molar-refractivity contribution in [1.82, 2.24) is 19.7 Å². The predicted octanol–water partition coefficient (Wildman–Crippen LogP) is -2.35. The highest BCUT2D eigenvalue weighted by Gasteiger charge is 2.26. The van der Waals surface area contributed by atoms with Crippen LogP contribution in [0, 0.1) is 0 Å². The summed E-state index contributed by atoms with van der Waals surface area (Å²) in [6.45, 7) is 0. The molecule has 2 aliphatic heterocycles. The van der Waals surface area contributed by atoms with Gasteiger partial charge in [0, 0.05) is 0 Å². The SMILES string of the molecule is Nc1nc2nc3ncn(c13)OS(=O)(=O)O2.O. The molecule has 2 aliphatic rings. The molecule has 11 heteroatoms. The van der Waals surface area contributed by atoms with E-state index in [4.69, 9.17) is 5.73 Å². The zero-order chi connectivity index (χ0) is 10.6. The summed E-state index contributed by atoms with van der Waals surface area (Å²) in [6, 6.07) is -0.412. The second-order valence-electron chi connectivity index (χ2n) is 2.70. The highest BCUT2D eigenvalue weighted by molar-refractivity contribution is 7.82. The zero-order valence-electron chi connectivity index (χ0n) is 7.48. The largest absolute Gasteiger partial charge is 0.523 e. The van der Waals surface area contributed by atoms with Gasteiger partial charge in [0.05, 0.1) is 0 Å². The summed E-state index contributed by atoms with van der Waals surface area (Å²) in [5, 5.41) is 0. The van der Waals surface area contributed by atoms with Crippen LogP contribution in [0.3, 0.4) is 0 Å². The topological polar surface area (TPSA) is 154 Å². The summed E-state index contributed by atoms with van der Waals surface area (Å²) in [6.07, 6.45) is 1.12. The van der Waals surface area contributed by atoms with E-state index in [-0.39, 0.29) is 22.5 Å². The first-order chi connectivity index (χ1) is 7.05. The van der Waals surface area contributed by atoms with Gasteiger partial charge in [0.25, 0.3) is 0 Å². The molecule has 16 heavy (non-hydrogen) atoms. The number of nitrogen functional groups attached to an aromatic ring is 1. The number of hydrogen-bond donors (Lipinski definition) is 1. The van der Waals surface area contributed by atoms with Crippen LogP contribution in [0.25, 0.3) is 11.2 Å². The zero-order valence-corrected chi connectivity index (χ0v) is 8.30. The maximum Gasteiger partial charge on any atom is 0.523 e. The van der Waals surface area contributed by atoms with Gasteiger partial charge in [-0.25, -0.2) is 4.98 Å². The van der Waals surface area contributed by atoms with Crippen LogP contribution in [-0.4, -0.2) is 33.6 Å². The molecule has 0 spiro atoms. The van der Waals surface area contributed by atoms with Crippen molar-refractivity contribution in [2.24, 2.45) is 0 Å². The number of imidazole rings is 1. The van der Waals surface area contributed by atoms with Gasteiger partial charge in [0.2, 0.25) is 0 Å². The minimum Gasteiger partial charge on any atom is -0.412 e. The summed E-state index contributed by atoms with van der Waals surface area (Å²) in [5.74, 6) is 0.0300. The lowest BCUT2D eigenvalue weighted by Gasteiger charge is -2.10. The van der Waals surface area contributed by atoms with Gasteiger partial charge in [-0.3, -0.25) is 4.28 Å². The molecule has 0 amide bonds. The molecule has 4 rings (SSSR count). The van der Waals surface area contributed by atoms with Crippen molar-refractivity contribution in [3.05, 3.63) is 6.33 Å². The molecule has 0 aliphatic carbocycles. The van der Waals surface area contributed by atoms with Gasteiger partial charge in [-0.1, -0.05) is 0 Å². The first-order valence-electron chi connectivity index (χ1n) is 3.70. The van der Waals surface area contributed by atoms with E-state index in [1.807, 2.05) is 0 Å². The monoisotopic (exact) mass is 247 g/mol. The molecule has 0 saturated heterocycles. The molecule has 0 atom stereocenters. The molecule has 4 heterocycles. The van der Waals surface area contributed by atoms with E-state index in [1.165, 1.54) is 0 Å². The van der Waals surface area contributed by atoms with Crippen LogP contribution in [0.2, 0.25) is 0 Å². The minimum absolute atomic E-state index is 0. The molecule has 2 aromatic rings. The molecule has 0 aromatic carbocycles. The Bertz CT molecular complexity index is 663. The van der Waals surface area contributed by atoms with Crippen molar-refractivity contribution >= 4 is 27.4 Å². The van der Waals surface area contributed by atoms with E-state index in [1.54, 1.807) is 0 Å². The fourth-order valence-corrected chi connectivity index (χ4v) is 1.80. The van der Waals surface area contributed by atoms with Gasteiger partial charge in [0.1, 0.15) is 6.33 Å². The second-order valence-corrected chi connectivity index (χ2v) is 3.83. The van der Waals surface area contributed by atoms with Gasteiger partial charge in [-0.2, -0.15) is 9.97 Å². The molecule has 4 bridgehead atoms. The lowest BCUT2D eigenvalue weighted by Crippen LogP contribution is -2.27. The third kappa shape index (κ3) is 1.30. The molecule has 0 radical (unpaired) electrons. The fraction of sp³-hybridized carbons (Fsp3) is 0. The van der Waals surface area contributed by atoms with Crippen LogP contribution in [-0.2, 0) is 10.4 Å². The maximum atomic E-state index is 11.1. The van der Waals surface area contributed by atoms with Crippen LogP contribution in [0.1, 0.15) is 0 Å². The Kier molecular flexibility index (Phi) is 1.90. The predicted molar refractivity (Wildman–Crippen MR) is 49.5 cm³/mol. The average Bonchev–Trinajstić information content (AvgIpc) is 2.45. The Labute approximate surface area is 88.2 Å². The summed E-state index contributed by atoms with van der Waals surface area (Å²) in [5.41, 5.74) is 5.92. The third-order valence-electron chi connectivity index (χ3n) is 1.73. The van der Waals surface area contributed by atoms with Crippen molar-refractivity contribution in [3.63, 3.8) is 0 Å². The standard InChI is InChI=1S/C5H3N5O4S.H2O/c6-3-2-4-7-1-10(2)14-15(11,12)13-5(8-3)9-4;/h1H,(H2,6,8,9);1H2. The summed E-state index contributed by atoms with van der Waals surface area (Å²) in [7, 11) is -4.22. The van der Waals surface area contributed by atoms with Crippen molar-refractivity contribution in [2.45, 2.75) is 0 Å². The van der Waals surface area contributed by atoms with Crippen molar-refractivity contribution in [2.75, 3.05) is 5.73 Å². The molecule has 4 N–H and O–H groups in total. The quantitative estimate of drug-likeness (QED) is 0.542. The smallest absolute Gasteiger partial charge is 0.412 e. The number of fused-ring (bicyclic) bond motifs is 3. The molecule has 10 nitrogen and oxygen atoms in total. The molecule has 0 fully saturated rings. The summed E-state index contributed by atoms with van der Waals surface area (Å²) in [4.78, 5) is 11.1. The Morgan fingerprint density at radius 1 is 1.38 bits per heavy atom. The van der Waals surface area contributed by atoms with Crippen LogP contribution in [0.15, 0.2) is 6.33 Å². The first kappa shape index (κ1) is 10.4. The number of rotatable bonds is 0. The van der Waals surface area contributed by atoms with Crippen molar-refractivity contribution in [3.8, 4) is 6.01 Å². The number of anilines is 1. The third-order valence-corrected chi connectivity index (χ3v) is 2.42. The van der Waals surface area contributed by atoms with E-state index in [0.29, 0.717) is 0 Å². The summed E-state index contributed by atoms with van der Waals surface area (Å²) >= 11 is 0. The highest BCUT2D eigenvalue weighted by atomic mass is 32.3. The van der Waals surface area contributed by atoms with Gasteiger partial charge in [-0.05, 0) is 0 Å². The van der Waals surface area contributed by atoms with E-state index < -0.39 is 16.4 Å². The number of nitrogens with two attached hydrogens (primary N) is 1. The van der Waals surface area contributed by atoms with Gasteiger partial charge in [-0.15, -0.1) is 13.1 Å². The fourth-order valence-electron chi connectivity index (χ4n) is 1.20. The van der Waals surface area contributed by atoms with E-state index in [2.05, 4.69) is 23.4 Å². The number of hydrogen-bond acceptors (Lipinski definition) is 8. The summed E-state index contributed by atoms with van der Waals surface area (Å²) < 4.78 is 32.0. The number of nitrogens with zero attached hydrogens (tertiary/aromatic N) is 4. The van der Waals surface area contributed by atoms with Crippen LogP contribution >= 0.6 is 0 Å². The Morgan fingerprint density at radius 3 is 2.88 bits per heavy atom. The molecule has 0 unspecified atom stereocenters. The van der Waals surface area contributed by atoms with Crippen LogP contribution in [0.5, 0.6) is 6.01 Å². The van der Waals surface area contributed by atoms with Gasteiger partial charge < -0.3 is 15.4 Å². The minimum atomic E-state index is -4.22. The molecule has 0 saturated carbocycles. The Balaban J connectivity index is 0.000000963.